The summed E-state index contributed by atoms with van der Waals surface area (Å²) in [7, 11) is 0. The molecule has 0 aliphatic heterocycles. The Bertz CT molecular complexity index is 1430. The van der Waals surface area contributed by atoms with Gasteiger partial charge < -0.3 is 24.8 Å². The third-order valence-corrected chi connectivity index (χ3v) is 6.95. The van der Waals surface area contributed by atoms with Crippen LogP contribution in [0.5, 0.6) is 23.0 Å². The van der Waals surface area contributed by atoms with Gasteiger partial charge in [0.25, 0.3) is 0 Å². The SMILES string of the molecule is CC(C)(C)OC(=O)N[C@H]1CC[C@@H](C(=O)Nc2cc(Oc3ccc(C(=N)NO)cc3)cc(Oc3ccc(C(=N)NO)cc3)c2)CC1. The molecule has 1 saturated carbocycles. The van der Waals surface area contributed by atoms with Crippen LogP contribution < -0.4 is 31.1 Å². The van der Waals surface area contributed by atoms with Crippen LogP contribution in [-0.4, -0.2) is 45.7 Å². The van der Waals surface area contributed by atoms with Gasteiger partial charge in [0, 0.05) is 47.0 Å². The van der Waals surface area contributed by atoms with Crippen LogP contribution >= 0.6 is 0 Å². The van der Waals surface area contributed by atoms with E-state index in [-0.39, 0.29) is 29.5 Å². The number of carbonyl (C=O) groups is 2. The average molecular weight is 619 g/mol. The first kappa shape index (κ1) is 32.8. The molecule has 1 fully saturated rings. The first-order valence-corrected chi connectivity index (χ1v) is 14.4. The maximum atomic E-state index is 13.3. The number of nitrogens with one attached hydrogen (secondary N) is 6. The summed E-state index contributed by atoms with van der Waals surface area (Å²) in [6, 6.07) is 17.9. The number of hydrogen-bond acceptors (Lipinski definition) is 9. The molecule has 0 aromatic heterocycles. The van der Waals surface area contributed by atoms with E-state index < -0.39 is 11.7 Å². The minimum atomic E-state index is -0.585. The van der Waals surface area contributed by atoms with Gasteiger partial charge >= 0.3 is 6.09 Å². The van der Waals surface area contributed by atoms with E-state index in [1.54, 1.807) is 77.7 Å². The Labute approximate surface area is 260 Å². The first-order chi connectivity index (χ1) is 21.4. The van der Waals surface area contributed by atoms with Crippen LogP contribution in [0.15, 0.2) is 66.7 Å². The molecule has 0 heterocycles. The highest BCUT2D eigenvalue weighted by molar-refractivity contribution is 5.96. The third kappa shape index (κ3) is 9.68. The van der Waals surface area contributed by atoms with Crippen LogP contribution in [0, 0.1) is 16.7 Å². The van der Waals surface area contributed by atoms with Crippen molar-refractivity contribution in [3.05, 3.63) is 77.9 Å². The molecule has 13 heteroatoms. The van der Waals surface area contributed by atoms with Crippen molar-refractivity contribution in [3.8, 4) is 23.0 Å². The monoisotopic (exact) mass is 618 g/mol. The molecule has 238 valence electrons. The molecule has 0 atom stereocenters. The van der Waals surface area contributed by atoms with E-state index in [4.69, 9.17) is 35.4 Å². The van der Waals surface area contributed by atoms with Crippen molar-refractivity contribution in [1.82, 2.24) is 16.3 Å². The average Bonchev–Trinajstić information content (AvgIpc) is 3.00. The van der Waals surface area contributed by atoms with E-state index in [0.29, 0.717) is 65.5 Å². The number of hydroxylamine groups is 2. The van der Waals surface area contributed by atoms with Gasteiger partial charge in [-0.05, 0) is 95.0 Å². The molecule has 0 unspecified atom stereocenters. The summed E-state index contributed by atoms with van der Waals surface area (Å²) < 4.78 is 17.4. The molecule has 0 saturated heterocycles. The Morgan fingerprint density at radius 1 is 0.733 bits per heavy atom. The Morgan fingerprint density at radius 2 is 1.20 bits per heavy atom. The molecule has 4 rings (SSSR count). The molecule has 3 aromatic rings. The lowest BCUT2D eigenvalue weighted by Gasteiger charge is -2.29. The number of anilines is 1. The summed E-state index contributed by atoms with van der Waals surface area (Å²) in [5.74, 6) is 0.926. The van der Waals surface area contributed by atoms with Crippen LogP contribution in [0.2, 0.25) is 0 Å². The second-order valence-electron chi connectivity index (χ2n) is 11.6. The van der Waals surface area contributed by atoms with Crippen LogP contribution in [-0.2, 0) is 9.53 Å². The summed E-state index contributed by atoms with van der Waals surface area (Å²) in [5, 5.41) is 39.2. The summed E-state index contributed by atoms with van der Waals surface area (Å²) in [4.78, 5) is 25.4. The van der Waals surface area contributed by atoms with Gasteiger partial charge in [0.05, 0.1) is 0 Å². The lowest BCUT2D eigenvalue weighted by atomic mass is 9.85. The molecular formula is C32H38N6O7. The van der Waals surface area contributed by atoms with Crippen LogP contribution in [0.1, 0.15) is 57.6 Å². The molecule has 0 spiro atoms. The molecule has 0 radical (unpaired) electrons. The molecule has 45 heavy (non-hydrogen) atoms. The van der Waals surface area contributed by atoms with Gasteiger partial charge in [0.2, 0.25) is 5.91 Å². The molecule has 13 nitrogen and oxygen atoms in total. The van der Waals surface area contributed by atoms with Gasteiger partial charge in [-0.2, -0.15) is 0 Å². The number of rotatable bonds is 9. The number of amidine groups is 2. The maximum absolute atomic E-state index is 13.3. The van der Waals surface area contributed by atoms with Crippen LogP contribution in [0.25, 0.3) is 0 Å². The molecule has 8 N–H and O–H groups in total. The van der Waals surface area contributed by atoms with Gasteiger partial charge in [0.1, 0.15) is 40.3 Å². The van der Waals surface area contributed by atoms with Gasteiger partial charge in [-0.1, -0.05) is 0 Å². The van der Waals surface area contributed by atoms with Gasteiger partial charge in [-0.3, -0.25) is 37.0 Å². The number of benzene rings is 3. The second kappa shape index (κ2) is 14.6. The minimum Gasteiger partial charge on any atom is -0.457 e. The van der Waals surface area contributed by atoms with Gasteiger partial charge in [-0.25, -0.2) is 4.79 Å². The second-order valence-corrected chi connectivity index (χ2v) is 11.6. The maximum Gasteiger partial charge on any atom is 0.407 e. The fourth-order valence-corrected chi connectivity index (χ4v) is 4.76. The normalized spacial score (nSPS) is 16.1. The smallest absolute Gasteiger partial charge is 0.407 e. The minimum absolute atomic E-state index is 0.0628. The van der Waals surface area contributed by atoms with E-state index in [2.05, 4.69) is 10.6 Å². The predicted octanol–water partition coefficient (Wildman–Crippen LogP) is 5.90. The van der Waals surface area contributed by atoms with Crippen molar-refractivity contribution in [2.45, 2.75) is 58.1 Å². The topological polar surface area (TPSA) is 198 Å². The Kier molecular flexibility index (Phi) is 10.6. The van der Waals surface area contributed by atoms with Crippen molar-refractivity contribution >= 4 is 29.4 Å². The number of amides is 2. The number of alkyl carbamates (subject to hydrolysis) is 1. The van der Waals surface area contributed by atoms with E-state index in [9.17, 15) is 9.59 Å². The summed E-state index contributed by atoms with van der Waals surface area (Å²) in [6.45, 7) is 5.43. The quantitative estimate of drug-likeness (QED) is 0.0817. The summed E-state index contributed by atoms with van der Waals surface area (Å²) in [5.41, 5.74) is 4.38. The van der Waals surface area contributed by atoms with Gasteiger partial charge in [-0.15, -0.1) is 0 Å². The number of carbonyl (C=O) groups excluding carboxylic acids is 2. The first-order valence-electron chi connectivity index (χ1n) is 14.4. The molecule has 0 bridgehead atoms. The van der Waals surface area contributed by atoms with Gasteiger partial charge in [0.15, 0.2) is 0 Å². The third-order valence-electron chi connectivity index (χ3n) is 6.95. The highest BCUT2D eigenvalue weighted by Crippen LogP contribution is 2.34. The van der Waals surface area contributed by atoms with E-state index in [1.807, 2.05) is 20.8 Å². The fourth-order valence-electron chi connectivity index (χ4n) is 4.76. The Balaban J connectivity index is 1.47. The molecule has 3 aromatic carbocycles. The van der Waals surface area contributed by atoms with Crippen molar-refractivity contribution < 1.29 is 34.2 Å². The van der Waals surface area contributed by atoms with Crippen LogP contribution in [0.3, 0.4) is 0 Å². The standard InChI is InChI=1S/C32H38N6O7/c1-32(2,3)45-31(40)36-22-10-4-21(5-11-22)30(39)35-23-16-26(43-24-12-6-19(7-13-24)28(33)37-41)18-27(17-23)44-25-14-8-20(9-15-25)29(34)38-42/h6-9,12-18,21-22,41-42H,4-5,10-11H2,1-3H3,(H2,33,37)(H2,34,38)(H,35,39)(H,36,40)/t21-,22+. The highest BCUT2D eigenvalue weighted by Gasteiger charge is 2.28. The highest BCUT2D eigenvalue weighted by atomic mass is 16.6. The van der Waals surface area contributed by atoms with Crippen molar-refractivity contribution in [2.75, 3.05) is 5.32 Å². The van der Waals surface area contributed by atoms with Crippen molar-refractivity contribution in [3.63, 3.8) is 0 Å². The fraction of sp³-hybridized carbons (Fsp3) is 0.312. The molecular weight excluding hydrogens is 580 g/mol. The van der Waals surface area contributed by atoms with E-state index in [1.165, 1.54) is 0 Å². The lowest BCUT2D eigenvalue weighted by molar-refractivity contribution is -0.120. The summed E-state index contributed by atoms with van der Waals surface area (Å²) in [6.07, 6.45) is 2.02. The predicted molar refractivity (Wildman–Crippen MR) is 167 cm³/mol. The molecule has 1 aliphatic carbocycles. The zero-order chi connectivity index (χ0) is 32.6. The van der Waals surface area contributed by atoms with E-state index >= 15 is 0 Å². The largest absolute Gasteiger partial charge is 0.457 e. The lowest BCUT2D eigenvalue weighted by Crippen LogP contribution is -2.42. The van der Waals surface area contributed by atoms with E-state index in [0.717, 1.165) is 0 Å². The molecule has 1 aliphatic rings. The zero-order valence-corrected chi connectivity index (χ0v) is 25.3. The Hall–Kier alpha value is -5.14. The summed E-state index contributed by atoms with van der Waals surface area (Å²) >= 11 is 0. The number of ether oxygens (including phenoxy) is 3. The van der Waals surface area contributed by atoms with Crippen molar-refractivity contribution in [2.24, 2.45) is 5.92 Å². The van der Waals surface area contributed by atoms with Crippen molar-refractivity contribution in [1.29, 1.82) is 10.8 Å². The molecule has 2 amide bonds. The Morgan fingerprint density at radius 3 is 1.62 bits per heavy atom. The zero-order valence-electron chi connectivity index (χ0n) is 25.3. The number of hydrogen-bond donors (Lipinski definition) is 8. The van der Waals surface area contributed by atoms with Crippen LogP contribution in [0.4, 0.5) is 10.5 Å².